The summed E-state index contributed by atoms with van der Waals surface area (Å²) in [5.41, 5.74) is 14.4. The van der Waals surface area contributed by atoms with Gasteiger partial charge in [-0.25, -0.2) is 39.5 Å². The molecule has 4 aliphatic heterocycles. The third kappa shape index (κ3) is 13.9. The fraction of sp³-hybridized carbons (Fsp3) is 0.250. The fourth-order valence-electron chi connectivity index (χ4n) is 9.38. The molecule has 25 heteroatoms. The van der Waals surface area contributed by atoms with Crippen LogP contribution in [0, 0.1) is 0 Å². The van der Waals surface area contributed by atoms with Gasteiger partial charge in [-0.05, 0) is 83.4 Å². The van der Waals surface area contributed by atoms with Gasteiger partial charge in [-0.3, -0.25) is 20.2 Å². The highest BCUT2D eigenvalue weighted by molar-refractivity contribution is 6.66. The molecule has 0 radical (unpaired) electrons. The van der Waals surface area contributed by atoms with Crippen molar-refractivity contribution >= 4 is 103 Å². The first-order chi connectivity index (χ1) is 39.4. The molecule has 9 N–H and O–H groups in total. The number of urea groups is 2. The second kappa shape index (κ2) is 25.5. The second-order valence-corrected chi connectivity index (χ2v) is 19.5. The molecule has 5 amide bonds. The number of anilines is 8. The Kier molecular flexibility index (Phi) is 17.3. The zero-order valence-corrected chi connectivity index (χ0v) is 44.7. The lowest BCUT2D eigenvalue weighted by atomic mass is 10.1. The average Bonchev–Trinajstić information content (AvgIpc) is 4.16. The lowest BCUT2D eigenvalue weighted by Gasteiger charge is -2.41. The molecular formula is C56H59ClN18O6. The number of aromatic amines is 2. The van der Waals surface area contributed by atoms with Crippen molar-refractivity contribution in [1.82, 2.24) is 45.2 Å². The standard InChI is InChI=1S/C28H29N9O3.C25H27N9O2.C3H3ClO/c1-2-25(38)32-20-15-37(16-20)21-7-8-29-24(13-21)35-28(39)33-19-5-3-18(4-6-19)23-14-22-26(34-23)30-17-31-27(22)36-9-11-40-12-10-36;26-17-13-34(14-17)19-5-6-27-22(11-19)32-25(35)30-18-3-1-16(2-4-18)21-12-20-23(31-21)28-15-29-24(20)33-7-9-36-10-8-33;1-2-3(4)5/h2-8,13-14,17,20H,1,9-12,15-16H2,(H,32,38)(H,30,31,34)(H2,29,33,35,39);1-6,11-12,15,17H,7-10,13-14,26H2,(H,28,29,31)(H2,27,30,32,35);2H,1H2. The van der Waals surface area contributed by atoms with E-state index in [1.165, 1.54) is 6.08 Å². The molecule has 12 rings (SSSR count). The second-order valence-electron chi connectivity index (χ2n) is 19.1. The van der Waals surface area contributed by atoms with Gasteiger partial charge >= 0.3 is 12.1 Å². The fourth-order valence-corrected chi connectivity index (χ4v) is 9.38. The van der Waals surface area contributed by atoms with Gasteiger partial charge in [0.1, 0.15) is 47.2 Å². The normalized spacial score (nSPS) is 15.2. The molecule has 0 unspecified atom stereocenters. The number of carbonyl (C=O) groups is 4. The molecule has 2 aromatic carbocycles. The lowest BCUT2D eigenvalue weighted by Crippen LogP contribution is -2.59. The molecule has 8 aromatic rings. The zero-order chi connectivity index (χ0) is 56.2. The van der Waals surface area contributed by atoms with E-state index in [9.17, 15) is 19.2 Å². The summed E-state index contributed by atoms with van der Waals surface area (Å²) in [4.78, 5) is 87.9. The Balaban J connectivity index is 0.000000169. The van der Waals surface area contributed by atoms with E-state index in [1.54, 1.807) is 31.1 Å². The van der Waals surface area contributed by atoms with Crippen LogP contribution in [0.15, 0.2) is 135 Å². The van der Waals surface area contributed by atoms with Gasteiger partial charge in [0.15, 0.2) is 0 Å². The number of rotatable bonds is 13. The predicted octanol–water partition coefficient (Wildman–Crippen LogP) is 6.58. The van der Waals surface area contributed by atoms with Crippen molar-refractivity contribution in [3.05, 3.63) is 135 Å². The van der Waals surface area contributed by atoms with E-state index in [1.807, 2.05) is 66.7 Å². The highest BCUT2D eigenvalue weighted by atomic mass is 35.5. The third-order valence-corrected chi connectivity index (χ3v) is 13.7. The summed E-state index contributed by atoms with van der Waals surface area (Å²) < 4.78 is 10.9. The molecule has 4 aliphatic rings. The lowest BCUT2D eigenvalue weighted by molar-refractivity contribution is -0.117. The Labute approximate surface area is 470 Å². The summed E-state index contributed by atoms with van der Waals surface area (Å²) >= 11 is 4.71. The minimum atomic E-state index is -0.509. The minimum Gasteiger partial charge on any atom is -0.378 e. The highest BCUT2D eigenvalue weighted by Crippen LogP contribution is 2.32. The predicted molar refractivity (Wildman–Crippen MR) is 314 cm³/mol. The number of morpholine rings is 2. The number of carbonyl (C=O) groups excluding carboxylic acids is 4. The number of nitrogens with two attached hydrogens (primary N) is 1. The number of aromatic nitrogens is 8. The summed E-state index contributed by atoms with van der Waals surface area (Å²) in [7, 11) is 0. The number of nitrogens with zero attached hydrogens (tertiary/aromatic N) is 10. The van der Waals surface area contributed by atoms with Crippen LogP contribution < -0.4 is 51.9 Å². The first-order valence-electron chi connectivity index (χ1n) is 26.1. The number of hydrogen-bond acceptors (Lipinski definition) is 17. The van der Waals surface area contributed by atoms with Gasteiger partial charge < -0.3 is 60.7 Å². The van der Waals surface area contributed by atoms with Crippen molar-refractivity contribution in [2.75, 3.05) is 120 Å². The van der Waals surface area contributed by atoms with Crippen LogP contribution in [0.2, 0.25) is 0 Å². The van der Waals surface area contributed by atoms with E-state index in [-0.39, 0.29) is 24.0 Å². The van der Waals surface area contributed by atoms with Gasteiger partial charge in [-0.2, -0.15) is 0 Å². The van der Waals surface area contributed by atoms with Gasteiger partial charge in [-0.1, -0.05) is 37.4 Å². The minimum absolute atomic E-state index is 0.0745. The molecule has 416 valence electrons. The number of fused-ring (bicyclic) bond motifs is 2. The largest absolute Gasteiger partial charge is 0.378 e. The molecule has 0 saturated carbocycles. The van der Waals surface area contributed by atoms with E-state index >= 15 is 0 Å². The number of ether oxygens (including phenoxy) is 2. The number of H-pyrrole nitrogens is 2. The zero-order valence-electron chi connectivity index (χ0n) is 44.0. The topological polar surface area (TPSA) is 295 Å². The van der Waals surface area contributed by atoms with Crippen molar-refractivity contribution in [1.29, 1.82) is 0 Å². The number of hydrogen-bond donors (Lipinski definition) is 8. The maximum Gasteiger partial charge on any atom is 0.324 e. The molecule has 0 aliphatic carbocycles. The van der Waals surface area contributed by atoms with Crippen molar-refractivity contribution in [3.8, 4) is 22.5 Å². The molecule has 10 heterocycles. The first-order valence-corrected chi connectivity index (χ1v) is 26.4. The Morgan fingerprint density at radius 2 is 1.00 bits per heavy atom. The summed E-state index contributed by atoms with van der Waals surface area (Å²) in [5.74, 6) is 2.55. The van der Waals surface area contributed by atoms with Gasteiger partial charge in [0.05, 0.1) is 43.2 Å². The molecule has 4 saturated heterocycles. The van der Waals surface area contributed by atoms with Crippen LogP contribution in [0.1, 0.15) is 0 Å². The molecule has 24 nitrogen and oxygen atoms in total. The van der Waals surface area contributed by atoms with E-state index in [2.05, 4.69) is 111 Å². The number of nitrogens with one attached hydrogen (secondary N) is 7. The Hall–Kier alpha value is -9.49. The van der Waals surface area contributed by atoms with Crippen LogP contribution in [0.3, 0.4) is 0 Å². The average molecular weight is 1120 g/mol. The number of amides is 5. The van der Waals surface area contributed by atoms with Crippen LogP contribution >= 0.6 is 11.6 Å². The number of halogens is 1. The van der Waals surface area contributed by atoms with Crippen molar-refractivity contribution < 1.29 is 28.7 Å². The van der Waals surface area contributed by atoms with Gasteiger partial charge in [-0.15, -0.1) is 0 Å². The molecule has 81 heavy (non-hydrogen) atoms. The summed E-state index contributed by atoms with van der Waals surface area (Å²) in [6.07, 6.45) is 8.79. The SMILES string of the molecule is C=CC(=O)Cl.C=CC(=O)NC1CN(c2ccnc(NC(=O)Nc3ccc(-c4cc5c(N6CCOCC6)ncnc5[nH]4)cc3)c2)C1.NC1CN(c2ccnc(NC(=O)Nc3ccc(-c4cc5c(N6CCOCC6)ncnc5[nH]4)cc3)c2)C1. The maximum atomic E-state index is 12.6. The van der Waals surface area contributed by atoms with Crippen LogP contribution in [0.4, 0.5) is 55.6 Å². The highest BCUT2D eigenvalue weighted by Gasteiger charge is 2.28. The molecule has 0 spiro atoms. The quantitative estimate of drug-likeness (QED) is 0.0447. The monoisotopic (exact) mass is 1110 g/mol. The van der Waals surface area contributed by atoms with Crippen molar-refractivity contribution in [3.63, 3.8) is 0 Å². The molecule has 0 atom stereocenters. The summed E-state index contributed by atoms with van der Waals surface area (Å²) in [6.45, 7) is 15.5. The van der Waals surface area contributed by atoms with E-state index < -0.39 is 11.3 Å². The van der Waals surface area contributed by atoms with E-state index in [0.29, 0.717) is 62.5 Å². The van der Waals surface area contributed by atoms with Gasteiger partial charge in [0.2, 0.25) is 11.1 Å². The number of benzene rings is 2. The Morgan fingerprint density at radius 1 is 0.568 bits per heavy atom. The molecule has 4 fully saturated rings. The van der Waals surface area contributed by atoms with Gasteiger partial charge in [0, 0.05) is 117 Å². The Bertz CT molecular complexity index is 3540. The van der Waals surface area contributed by atoms with Crippen LogP contribution in [0.5, 0.6) is 0 Å². The smallest absolute Gasteiger partial charge is 0.324 e. The maximum absolute atomic E-state index is 12.6. The van der Waals surface area contributed by atoms with E-state index in [4.69, 9.17) is 26.8 Å². The van der Waals surface area contributed by atoms with Crippen molar-refractivity contribution in [2.24, 2.45) is 5.73 Å². The number of pyridine rings is 2. The van der Waals surface area contributed by atoms with Crippen LogP contribution in [-0.4, -0.2) is 154 Å². The van der Waals surface area contributed by atoms with Gasteiger partial charge in [0.25, 0.3) is 0 Å². The molecular weight excluding hydrogens is 1060 g/mol. The number of allylic oxidation sites excluding steroid dienone is 1. The Morgan fingerprint density at radius 3 is 1.41 bits per heavy atom. The van der Waals surface area contributed by atoms with Crippen LogP contribution in [0.25, 0.3) is 44.6 Å². The molecule has 0 bridgehead atoms. The first kappa shape index (κ1) is 54.8. The van der Waals surface area contributed by atoms with E-state index in [0.717, 1.165) is 113 Å². The van der Waals surface area contributed by atoms with Crippen LogP contribution in [-0.2, 0) is 19.1 Å². The summed E-state index contributed by atoms with van der Waals surface area (Å²) in [5, 5.41) is 15.6. The van der Waals surface area contributed by atoms with Crippen molar-refractivity contribution in [2.45, 2.75) is 12.1 Å². The molecule has 6 aromatic heterocycles. The summed E-state index contributed by atoms with van der Waals surface area (Å²) in [6, 6.07) is 26.3. The third-order valence-electron chi connectivity index (χ3n) is 13.5.